The third-order valence-corrected chi connectivity index (χ3v) is 2.50. The number of hydrogen-bond acceptors (Lipinski definition) is 2. The normalized spacial score (nSPS) is 9.33. The Morgan fingerprint density at radius 2 is 2.33 bits per heavy atom. The number of nitrogens with one attached hydrogen (secondary N) is 1. The van der Waals surface area contributed by atoms with Gasteiger partial charge in [-0.3, -0.25) is 0 Å². The average Bonchev–Trinajstić information content (AvgIpc) is 2.25. The van der Waals surface area contributed by atoms with Crippen LogP contribution in [0, 0.1) is 11.3 Å². The zero-order chi connectivity index (χ0) is 11.1. The van der Waals surface area contributed by atoms with Gasteiger partial charge in [0.25, 0.3) is 0 Å². The molecule has 1 rings (SSSR count). The summed E-state index contributed by atoms with van der Waals surface area (Å²) in [6.45, 7) is 4.52. The van der Waals surface area contributed by atoms with Crippen LogP contribution in [0.15, 0.2) is 35.3 Å². The summed E-state index contributed by atoms with van der Waals surface area (Å²) >= 11 is 3.38. The Balaban J connectivity index is 2.63. The van der Waals surface area contributed by atoms with E-state index in [1.165, 1.54) is 0 Å². The van der Waals surface area contributed by atoms with Gasteiger partial charge in [0.05, 0.1) is 11.3 Å². The lowest BCUT2D eigenvalue weighted by atomic mass is 10.2. The molecule has 0 aliphatic rings. The summed E-state index contributed by atoms with van der Waals surface area (Å²) in [6.07, 6.45) is 3.91. The van der Waals surface area contributed by atoms with E-state index in [9.17, 15) is 0 Å². The second-order valence-corrected chi connectivity index (χ2v) is 4.08. The van der Waals surface area contributed by atoms with E-state index in [0.29, 0.717) is 5.56 Å². The van der Waals surface area contributed by atoms with Crippen LogP contribution in [0.1, 0.15) is 18.4 Å². The van der Waals surface area contributed by atoms with Gasteiger partial charge < -0.3 is 5.32 Å². The zero-order valence-electron chi connectivity index (χ0n) is 8.46. The fraction of sp³-hybridized carbons (Fsp3) is 0.250. The molecule has 0 bridgehead atoms. The van der Waals surface area contributed by atoms with Gasteiger partial charge in [-0.1, -0.05) is 22.0 Å². The molecule has 0 atom stereocenters. The maximum absolute atomic E-state index is 8.89. The van der Waals surface area contributed by atoms with Crippen molar-refractivity contribution in [3.8, 4) is 6.07 Å². The first-order valence-corrected chi connectivity index (χ1v) is 5.61. The monoisotopic (exact) mass is 264 g/mol. The predicted octanol–water partition coefficient (Wildman–Crippen LogP) is 3.70. The van der Waals surface area contributed by atoms with Crippen molar-refractivity contribution in [2.75, 3.05) is 11.9 Å². The van der Waals surface area contributed by atoms with Crippen molar-refractivity contribution in [2.45, 2.75) is 12.8 Å². The highest BCUT2D eigenvalue weighted by molar-refractivity contribution is 9.10. The van der Waals surface area contributed by atoms with E-state index in [1.54, 1.807) is 6.07 Å². The van der Waals surface area contributed by atoms with Gasteiger partial charge in [0.1, 0.15) is 6.07 Å². The fourth-order valence-corrected chi connectivity index (χ4v) is 1.59. The number of unbranched alkanes of at least 4 members (excludes halogenated alkanes) is 1. The van der Waals surface area contributed by atoms with Crippen LogP contribution >= 0.6 is 15.9 Å². The third-order valence-electron chi connectivity index (χ3n) is 2.00. The van der Waals surface area contributed by atoms with Crippen molar-refractivity contribution in [3.05, 3.63) is 40.9 Å². The first kappa shape index (κ1) is 11.8. The molecule has 1 aromatic rings. The number of hydrogen-bond donors (Lipinski definition) is 1. The van der Waals surface area contributed by atoms with Crippen LogP contribution in [0.4, 0.5) is 5.69 Å². The summed E-state index contributed by atoms with van der Waals surface area (Å²) in [7, 11) is 0. The highest BCUT2D eigenvalue weighted by atomic mass is 79.9. The molecule has 78 valence electrons. The van der Waals surface area contributed by atoms with Crippen LogP contribution in [-0.2, 0) is 0 Å². The maximum Gasteiger partial charge on any atom is 0.101 e. The van der Waals surface area contributed by atoms with Crippen molar-refractivity contribution in [1.29, 1.82) is 5.26 Å². The number of nitrogens with zero attached hydrogens (tertiary/aromatic N) is 1. The zero-order valence-corrected chi connectivity index (χ0v) is 10.0. The van der Waals surface area contributed by atoms with Crippen LogP contribution in [0.3, 0.4) is 0 Å². The lowest BCUT2D eigenvalue weighted by Gasteiger charge is -2.07. The van der Waals surface area contributed by atoms with Crippen LogP contribution < -0.4 is 5.32 Å². The van der Waals surface area contributed by atoms with Gasteiger partial charge >= 0.3 is 0 Å². The van der Waals surface area contributed by atoms with E-state index in [4.69, 9.17) is 5.26 Å². The summed E-state index contributed by atoms with van der Waals surface area (Å²) in [6, 6.07) is 7.76. The molecule has 0 radical (unpaired) electrons. The van der Waals surface area contributed by atoms with Crippen molar-refractivity contribution in [2.24, 2.45) is 0 Å². The second-order valence-electron chi connectivity index (χ2n) is 3.16. The molecule has 15 heavy (non-hydrogen) atoms. The van der Waals surface area contributed by atoms with E-state index in [0.717, 1.165) is 29.5 Å². The first-order valence-electron chi connectivity index (χ1n) is 4.82. The Labute approximate surface area is 98.7 Å². The molecule has 3 heteroatoms. The SMILES string of the molecule is C=CCCCNc1cc(Br)ccc1C#N. The largest absolute Gasteiger partial charge is 0.384 e. The van der Waals surface area contributed by atoms with E-state index in [2.05, 4.69) is 33.9 Å². The Morgan fingerprint density at radius 3 is 3.00 bits per heavy atom. The minimum absolute atomic E-state index is 0.678. The summed E-state index contributed by atoms with van der Waals surface area (Å²) in [5.41, 5.74) is 1.56. The highest BCUT2D eigenvalue weighted by Crippen LogP contribution is 2.20. The standard InChI is InChI=1S/C12H13BrN2/c1-2-3-4-7-15-12-8-11(13)6-5-10(12)9-14/h2,5-6,8,15H,1,3-4,7H2. The van der Waals surface area contributed by atoms with Crippen LogP contribution in [0.25, 0.3) is 0 Å². The third kappa shape index (κ3) is 3.77. The molecule has 0 aliphatic carbocycles. The molecule has 0 amide bonds. The summed E-state index contributed by atoms with van der Waals surface area (Å²) in [5, 5.41) is 12.1. The van der Waals surface area contributed by atoms with Gasteiger partial charge in [-0.15, -0.1) is 6.58 Å². The predicted molar refractivity (Wildman–Crippen MR) is 66.8 cm³/mol. The van der Waals surface area contributed by atoms with Gasteiger partial charge in [0.2, 0.25) is 0 Å². The number of benzene rings is 1. The van der Waals surface area contributed by atoms with E-state index in [-0.39, 0.29) is 0 Å². The maximum atomic E-state index is 8.89. The summed E-state index contributed by atoms with van der Waals surface area (Å²) < 4.78 is 0.979. The Kier molecular flexibility index (Phi) is 4.92. The van der Waals surface area contributed by atoms with E-state index in [1.807, 2.05) is 18.2 Å². The molecule has 0 saturated carbocycles. The Bertz CT molecular complexity index is 380. The number of halogens is 1. The topological polar surface area (TPSA) is 35.8 Å². The van der Waals surface area contributed by atoms with Crippen LogP contribution in [-0.4, -0.2) is 6.54 Å². The highest BCUT2D eigenvalue weighted by Gasteiger charge is 2.01. The van der Waals surface area contributed by atoms with Crippen molar-refractivity contribution in [3.63, 3.8) is 0 Å². The minimum Gasteiger partial charge on any atom is -0.384 e. The molecule has 1 N–H and O–H groups in total. The Hall–Kier alpha value is -1.27. The van der Waals surface area contributed by atoms with Crippen LogP contribution in [0.2, 0.25) is 0 Å². The van der Waals surface area contributed by atoms with Gasteiger partial charge in [0, 0.05) is 11.0 Å². The molecule has 0 aromatic heterocycles. The minimum atomic E-state index is 0.678. The first-order chi connectivity index (χ1) is 7.27. The lowest BCUT2D eigenvalue weighted by Crippen LogP contribution is -2.02. The molecular weight excluding hydrogens is 252 g/mol. The number of nitriles is 1. The Morgan fingerprint density at radius 1 is 1.53 bits per heavy atom. The number of rotatable bonds is 5. The molecule has 0 heterocycles. The fourth-order valence-electron chi connectivity index (χ4n) is 1.23. The van der Waals surface area contributed by atoms with Gasteiger partial charge in [-0.2, -0.15) is 5.26 Å². The smallest absolute Gasteiger partial charge is 0.101 e. The summed E-state index contributed by atoms with van der Waals surface area (Å²) in [4.78, 5) is 0. The van der Waals surface area contributed by atoms with E-state index < -0.39 is 0 Å². The van der Waals surface area contributed by atoms with Gasteiger partial charge in [-0.05, 0) is 31.0 Å². The molecular formula is C12H13BrN2. The van der Waals surface area contributed by atoms with Gasteiger partial charge in [-0.25, -0.2) is 0 Å². The van der Waals surface area contributed by atoms with Crippen molar-refractivity contribution >= 4 is 21.6 Å². The second kappa shape index (κ2) is 6.26. The number of allylic oxidation sites excluding steroid dienone is 1. The van der Waals surface area contributed by atoms with E-state index >= 15 is 0 Å². The molecule has 0 saturated heterocycles. The van der Waals surface area contributed by atoms with Crippen LogP contribution in [0.5, 0.6) is 0 Å². The molecule has 0 spiro atoms. The molecule has 0 fully saturated rings. The van der Waals surface area contributed by atoms with Crippen molar-refractivity contribution < 1.29 is 0 Å². The lowest BCUT2D eigenvalue weighted by molar-refractivity contribution is 0.890. The summed E-state index contributed by atoms with van der Waals surface area (Å²) in [5.74, 6) is 0. The molecule has 0 aliphatic heterocycles. The van der Waals surface area contributed by atoms with Gasteiger partial charge in [0.15, 0.2) is 0 Å². The quantitative estimate of drug-likeness (QED) is 0.650. The molecule has 1 aromatic carbocycles. The molecule has 0 unspecified atom stereocenters. The number of anilines is 1. The molecule has 2 nitrogen and oxygen atoms in total. The van der Waals surface area contributed by atoms with Crippen molar-refractivity contribution in [1.82, 2.24) is 0 Å². The average molecular weight is 265 g/mol.